The summed E-state index contributed by atoms with van der Waals surface area (Å²) < 4.78 is 46.0. The number of halogens is 3. The zero-order valence-corrected chi connectivity index (χ0v) is 14.2. The van der Waals surface area contributed by atoms with Crippen molar-refractivity contribution in [1.29, 1.82) is 0 Å². The van der Waals surface area contributed by atoms with Gasteiger partial charge in [0, 0.05) is 18.0 Å². The van der Waals surface area contributed by atoms with Gasteiger partial charge in [0.15, 0.2) is 11.6 Å². The molecule has 1 aromatic rings. The minimum Gasteiger partial charge on any atom is -0.444 e. The zero-order valence-electron chi connectivity index (χ0n) is 14.2. The van der Waals surface area contributed by atoms with Gasteiger partial charge in [0.2, 0.25) is 0 Å². The fourth-order valence-corrected chi connectivity index (χ4v) is 2.79. The molecule has 2 rings (SSSR count). The molecule has 4 nitrogen and oxygen atoms in total. The monoisotopic (exact) mass is 355 g/mol. The van der Waals surface area contributed by atoms with Crippen LogP contribution in [0.5, 0.6) is 0 Å². The topological polar surface area (TPSA) is 55.4 Å². The summed E-state index contributed by atoms with van der Waals surface area (Å²) in [4.78, 5) is 23.1. The molecule has 0 unspecified atom stereocenters. The van der Waals surface area contributed by atoms with Gasteiger partial charge in [-0.3, -0.25) is 4.79 Å². The lowest BCUT2D eigenvalue weighted by Gasteiger charge is -2.32. The van der Waals surface area contributed by atoms with Crippen molar-refractivity contribution in [1.82, 2.24) is 5.32 Å². The smallest absolute Gasteiger partial charge is 0.407 e. The van der Waals surface area contributed by atoms with Crippen molar-refractivity contribution >= 4 is 12.4 Å². The normalized spacial score (nSPS) is 20.6. The Kier molecular flexibility index (Phi) is 5.55. The number of allylic oxidation sites excluding steroid dienone is 1. The zero-order chi connectivity index (χ0) is 18.8. The maximum Gasteiger partial charge on any atom is 0.407 e. The van der Waals surface area contributed by atoms with E-state index in [1.165, 1.54) is 0 Å². The SMILES string of the molecule is CC(C)(C)OC(=O)N[C@@H]1CC(C=O)=CC[C@H]1c1cc(F)c(F)cc1F. The number of nitrogens with one attached hydrogen (secondary N) is 1. The number of carbonyl (C=O) groups is 2. The Morgan fingerprint density at radius 3 is 2.44 bits per heavy atom. The van der Waals surface area contributed by atoms with Crippen LogP contribution in [-0.4, -0.2) is 24.0 Å². The second-order valence-corrected chi connectivity index (χ2v) is 6.98. The highest BCUT2D eigenvalue weighted by Crippen LogP contribution is 2.34. The van der Waals surface area contributed by atoms with Crippen LogP contribution in [0.1, 0.15) is 45.1 Å². The molecular formula is C18H20F3NO3. The van der Waals surface area contributed by atoms with Gasteiger partial charge >= 0.3 is 6.09 Å². The summed E-state index contributed by atoms with van der Waals surface area (Å²) in [6.45, 7) is 5.07. The van der Waals surface area contributed by atoms with Crippen molar-refractivity contribution < 1.29 is 27.5 Å². The first-order valence-electron chi connectivity index (χ1n) is 7.89. The molecule has 0 radical (unpaired) electrons. The first kappa shape index (κ1) is 19.0. The van der Waals surface area contributed by atoms with E-state index in [0.717, 1.165) is 6.07 Å². The molecule has 2 atom stereocenters. The fourth-order valence-electron chi connectivity index (χ4n) is 2.79. The lowest BCUT2D eigenvalue weighted by Crippen LogP contribution is -2.43. The molecule has 0 aromatic heterocycles. The van der Waals surface area contributed by atoms with Crippen LogP contribution in [0.4, 0.5) is 18.0 Å². The number of benzene rings is 1. The van der Waals surface area contributed by atoms with Crippen molar-refractivity contribution in [3.05, 3.63) is 46.8 Å². The van der Waals surface area contributed by atoms with Gasteiger partial charge in [-0.2, -0.15) is 0 Å². The number of ether oxygens (including phenoxy) is 1. The molecule has 1 amide bonds. The summed E-state index contributed by atoms with van der Waals surface area (Å²) in [5, 5.41) is 2.61. The molecule has 25 heavy (non-hydrogen) atoms. The van der Waals surface area contributed by atoms with Crippen LogP contribution >= 0.6 is 0 Å². The average Bonchev–Trinajstić information content (AvgIpc) is 2.49. The predicted molar refractivity (Wildman–Crippen MR) is 85.6 cm³/mol. The highest BCUT2D eigenvalue weighted by molar-refractivity contribution is 5.74. The summed E-state index contributed by atoms with van der Waals surface area (Å²) >= 11 is 0. The van der Waals surface area contributed by atoms with E-state index in [9.17, 15) is 22.8 Å². The van der Waals surface area contributed by atoms with Gasteiger partial charge in [0.25, 0.3) is 0 Å². The van der Waals surface area contributed by atoms with Crippen LogP contribution in [0.15, 0.2) is 23.8 Å². The average molecular weight is 355 g/mol. The van der Waals surface area contributed by atoms with Crippen LogP contribution in [0, 0.1) is 17.5 Å². The standard InChI is InChI=1S/C18H20F3NO3/c1-18(2,3)25-17(24)22-16-6-10(9-23)4-5-11(16)12-7-14(20)15(21)8-13(12)19/h4,7-9,11,16H,5-6H2,1-3H3,(H,22,24)/t11-,16+/m0/s1. The maximum absolute atomic E-state index is 14.1. The minimum atomic E-state index is -1.28. The molecule has 0 spiro atoms. The highest BCUT2D eigenvalue weighted by atomic mass is 19.2. The van der Waals surface area contributed by atoms with Crippen LogP contribution < -0.4 is 5.32 Å². The molecule has 1 aliphatic carbocycles. The summed E-state index contributed by atoms with van der Waals surface area (Å²) in [6, 6.07) is 0.590. The Hall–Kier alpha value is -2.31. The molecule has 1 aromatic carbocycles. The number of carbonyl (C=O) groups excluding carboxylic acids is 2. The molecule has 0 saturated heterocycles. The van der Waals surface area contributed by atoms with Gasteiger partial charge in [-0.1, -0.05) is 6.08 Å². The van der Waals surface area contributed by atoms with Gasteiger partial charge in [-0.05, 0) is 50.8 Å². The summed E-state index contributed by atoms with van der Waals surface area (Å²) in [5.74, 6) is -4.00. The van der Waals surface area contributed by atoms with Gasteiger partial charge in [0.05, 0.1) is 0 Å². The molecule has 0 saturated carbocycles. The molecule has 1 aliphatic rings. The van der Waals surface area contributed by atoms with E-state index >= 15 is 0 Å². The third kappa shape index (κ3) is 4.84. The Morgan fingerprint density at radius 2 is 1.84 bits per heavy atom. The van der Waals surface area contributed by atoms with Crippen LogP contribution in [0.25, 0.3) is 0 Å². The molecular weight excluding hydrogens is 335 g/mol. The largest absolute Gasteiger partial charge is 0.444 e. The van der Waals surface area contributed by atoms with Crippen molar-refractivity contribution in [2.45, 2.75) is 51.2 Å². The van der Waals surface area contributed by atoms with Crippen LogP contribution in [0.2, 0.25) is 0 Å². The van der Waals surface area contributed by atoms with Crippen molar-refractivity contribution in [2.24, 2.45) is 0 Å². The van der Waals surface area contributed by atoms with Crippen LogP contribution in [0.3, 0.4) is 0 Å². The fraction of sp³-hybridized carbons (Fsp3) is 0.444. The second-order valence-electron chi connectivity index (χ2n) is 6.98. The number of rotatable bonds is 3. The third-order valence-corrected chi connectivity index (χ3v) is 3.87. The Balaban J connectivity index is 2.30. The Bertz CT molecular complexity index is 710. The summed E-state index contributed by atoms with van der Waals surface area (Å²) in [5.41, 5.74) is -0.341. The quantitative estimate of drug-likeness (QED) is 0.659. The van der Waals surface area contributed by atoms with E-state index in [1.807, 2.05) is 0 Å². The van der Waals surface area contributed by atoms with E-state index in [2.05, 4.69) is 5.32 Å². The lowest BCUT2D eigenvalue weighted by atomic mass is 9.80. The Labute approximate surface area is 144 Å². The minimum absolute atomic E-state index is 0.0545. The predicted octanol–water partition coefficient (Wildman–Crippen LogP) is 4.00. The Morgan fingerprint density at radius 1 is 1.20 bits per heavy atom. The molecule has 0 aliphatic heterocycles. The van der Waals surface area contributed by atoms with Crippen molar-refractivity contribution in [3.8, 4) is 0 Å². The van der Waals surface area contributed by atoms with Crippen molar-refractivity contribution in [3.63, 3.8) is 0 Å². The molecule has 7 heteroatoms. The van der Waals surface area contributed by atoms with E-state index in [1.54, 1.807) is 26.8 Å². The van der Waals surface area contributed by atoms with E-state index < -0.39 is 41.1 Å². The number of amides is 1. The van der Waals surface area contributed by atoms with Crippen molar-refractivity contribution in [2.75, 3.05) is 0 Å². The number of hydrogen-bond acceptors (Lipinski definition) is 3. The lowest BCUT2D eigenvalue weighted by molar-refractivity contribution is -0.105. The number of hydrogen-bond donors (Lipinski definition) is 1. The van der Waals surface area contributed by atoms with E-state index in [0.29, 0.717) is 17.9 Å². The first-order valence-corrected chi connectivity index (χ1v) is 7.89. The van der Waals surface area contributed by atoms with Gasteiger partial charge in [-0.25, -0.2) is 18.0 Å². The molecule has 136 valence electrons. The highest BCUT2D eigenvalue weighted by Gasteiger charge is 2.32. The summed E-state index contributed by atoms with van der Waals surface area (Å²) in [7, 11) is 0. The molecule has 0 bridgehead atoms. The van der Waals surface area contributed by atoms with E-state index in [4.69, 9.17) is 4.74 Å². The molecule has 0 heterocycles. The second kappa shape index (κ2) is 7.29. The third-order valence-electron chi connectivity index (χ3n) is 3.87. The maximum atomic E-state index is 14.1. The number of aldehydes is 1. The summed E-state index contributed by atoms with van der Waals surface area (Å²) in [6.07, 6.45) is 1.88. The van der Waals surface area contributed by atoms with Gasteiger partial charge in [-0.15, -0.1) is 0 Å². The van der Waals surface area contributed by atoms with Crippen LogP contribution in [-0.2, 0) is 9.53 Å². The molecule has 1 N–H and O–H groups in total. The molecule has 0 fully saturated rings. The first-order chi connectivity index (χ1) is 11.6. The van der Waals surface area contributed by atoms with Gasteiger partial charge < -0.3 is 10.1 Å². The van der Waals surface area contributed by atoms with E-state index in [-0.39, 0.29) is 18.4 Å². The number of alkyl carbamates (subject to hydrolysis) is 1. The van der Waals surface area contributed by atoms with Gasteiger partial charge in [0.1, 0.15) is 17.7 Å².